The topological polar surface area (TPSA) is 68.0 Å². The smallest absolute Gasteiger partial charge is 0.228 e. The zero-order valence-corrected chi connectivity index (χ0v) is 13.2. The molecule has 0 radical (unpaired) electrons. The summed E-state index contributed by atoms with van der Waals surface area (Å²) in [5, 5.41) is 2.93. The first kappa shape index (κ1) is 15.8. The third-order valence-corrected chi connectivity index (χ3v) is 4.59. The van der Waals surface area contributed by atoms with E-state index in [0.717, 1.165) is 24.3 Å². The number of nitrogens with two attached hydrogens (primary N) is 1. The van der Waals surface area contributed by atoms with Crippen molar-refractivity contribution >= 4 is 17.4 Å². The van der Waals surface area contributed by atoms with Crippen LogP contribution in [0, 0.1) is 18.8 Å². The molecule has 116 valence electrons. The Hall–Kier alpha value is -1.58. The van der Waals surface area contributed by atoms with Gasteiger partial charge in [-0.3, -0.25) is 4.79 Å². The Kier molecular flexibility index (Phi) is 5.59. The third-order valence-electron chi connectivity index (χ3n) is 4.59. The molecule has 0 unspecified atom stereocenters. The van der Waals surface area contributed by atoms with Gasteiger partial charge in [0.1, 0.15) is 5.82 Å². The molecule has 1 aliphatic carbocycles. The van der Waals surface area contributed by atoms with Gasteiger partial charge in [-0.2, -0.15) is 0 Å². The second-order valence-corrected chi connectivity index (χ2v) is 6.28. The van der Waals surface area contributed by atoms with Gasteiger partial charge in [0.25, 0.3) is 0 Å². The number of aryl methyl sites for hydroxylation is 1. The van der Waals surface area contributed by atoms with Gasteiger partial charge in [0.15, 0.2) is 0 Å². The molecule has 2 rings (SSSR count). The van der Waals surface area contributed by atoms with Crippen molar-refractivity contribution < 1.29 is 4.79 Å². The van der Waals surface area contributed by atoms with Crippen LogP contribution in [0.15, 0.2) is 12.3 Å². The summed E-state index contributed by atoms with van der Waals surface area (Å²) >= 11 is 0. The van der Waals surface area contributed by atoms with Gasteiger partial charge in [0.05, 0.1) is 11.9 Å². The van der Waals surface area contributed by atoms with Crippen molar-refractivity contribution in [1.29, 1.82) is 0 Å². The molecular formula is C17H27N3O. The highest BCUT2D eigenvalue weighted by atomic mass is 16.1. The fourth-order valence-electron chi connectivity index (χ4n) is 3.07. The molecule has 1 aromatic rings. The Morgan fingerprint density at radius 1 is 1.38 bits per heavy atom. The number of anilines is 2. The number of carbonyl (C=O) groups excluding carboxylic acids is 1. The molecule has 0 aromatic carbocycles. The maximum atomic E-state index is 12.3. The van der Waals surface area contributed by atoms with Crippen LogP contribution in [0.4, 0.5) is 11.5 Å². The van der Waals surface area contributed by atoms with E-state index in [9.17, 15) is 4.79 Å². The molecule has 4 nitrogen and oxygen atoms in total. The number of nitrogen functional groups attached to an aromatic ring is 1. The van der Waals surface area contributed by atoms with Crippen LogP contribution >= 0.6 is 0 Å². The second-order valence-electron chi connectivity index (χ2n) is 6.28. The van der Waals surface area contributed by atoms with Crippen LogP contribution in [0.5, 0.6) is 0 Å². The van der Waals surface area contributed by atoms with E-state index in [4.69, 9.17) is 5.73 Å². The fraction of sp³-hybridized carbons (Fsp3) is 0.647. The monoisotopic (exact) mass is 289 g/mol. The number of amides is 1. The molecule has 0 spiro atoms. The van der Waals surface area contributed by atoms with Crippen molar-refractivity contribution in [2.45, 2.75) is 58.8 Å². The molecule has 1 saturated carbocycles. The van der Waals surface area contributed by atoms with Gasteiger partial charge in [-0.05, 0) is 50.2 Å². The van der Waals surface area contributed by atoms with E-state index >= 15 is 0 Å². The van der Waals surface area contributed by atoms with Gasteiger partial charge in [0.2, 0.25) is 5.91 Å². The molecule has 1 fully saturated rings. The normalized spacial score (nSPS) is 22.0. The van der Waals surface area contributed by atoms with Crippen LogP contribution in [0.25, 0.3) is 0 Å². The Balaban J connectivity index is 1.83. The molecule has 0 bridgehead atoms. The Bertz CT molecular complexity index is 479. The SMILES string of the molecule is CCCCC1CCC(C(=O)Nc2cc(C)c(N)cn2)CC1. The molecule has 21 heavy (non-hydrogen) atoms. The van der Waals surface area contributed by atoms with Gasteiger partial charge in [0, 0.05) is 5.92 Å². The maximum absolute atomic E-state index is 12.3. The van der Waals surface area contributed by atoms with Crippen LogP contribution < -0.4 is 11.1 Å². The minimum atomic E-state index is 0.112. The van der Waals surface area contributed by atoms with Gasteiger partial charge in [-0.15, -0.1) is 0 Å². The van der Waals surface area contributed by atoms with Crippen LogP contribution in [0.1, 0.15) is 57.4 Å². The number of hydrogen-bond donors (Lipinski definition) is 2. The predicted octanol–water partition coefficient (Wildman–Crippen LogP) is 3.91. The first-order valence-corrected chi connectivity index (χ1v) is 8.13. The molecule has 1 aromatic heterocycles. The summed E-state index contributed by atoms with van der Waals surface area (Å²) in [4.78, 5) is 16.5. The summed E-state index contributed by atoms with van der Waals surface area (Å²) in [6, 6.07) is 1.83. The standard InChI is InChI=1S/C17H27N3O/c1-3-4-5-13-6-8-14(9-7-13)17(21)20-16-10-12(2)15(18)11-19-16/h10-11,13-14H,3-9,18H2,1-2H3,(H,19,20,21). The summed E-state index contributed by atoms with van der Waals surface area (Å²) in [6.45, 7) is 4.16. The lowest BCUT2D eigenvalue weighted by atomic mass is 9.79. The van der Waals surface area contributed by atoms with Crippen molar-refractivity contribution in [3.63, 3.8) is 0 Å². The van der Waals surface area contributed by atoms with E-state index in [1.165, 1.54) is 32.1 Å². The number of aromatic nitrogens is 1. The quantitative estimate of drug-likeness (QED) is 0.863. The molecular weight excluding hydrogens is 262 g/mol. The highest BCUT2D eigenvalue weighted by Crippen LogP contribution is 2.32. The molecule has 1 aliphatic rings. The summed E-state index contributed by atoms with van der Waals surface area (Å²) < 4.78 is 0. The number of nitrogens with zero attached hydrogens (tertiary/aromatic N) is 1. The average molecular weight is 289 g/mol. The Labute approximate surface area is 127 Å². The zero-order valence-electron chi connectivity index (χ0n) is 13.2. The molecule has 1 heterocycles. The number of hydrogen-bond acceptors (Lipinski definition) is 3. The highest BCUT2D eigenvalue weighted by molar-refractivity contribution is 5.91. The number of rotatable bonds is 5. The number of pyridine rings is 1. The van der Waals surface area contributed by atoms with Crippen LogP contribution in [-0.4, -0.2) is 10.9 Å². The number of nitrogens with one attached hydrogen (secondary N) is 1. The minimum Gasteiger partial charge on any atom is -0.397 e. The summed E-state index contributed by atoms with van der Waals surface area (Å²) in [7, 11) is 0. The first-order valence-electron chi connectivity index (χ1n) is 8.13. The van der Waals surface area contributed by atoms with E-state index in [2.05, 4.69) is 17.2 Å². The van der Waals surface area contributed by atoms with Gasteiger partial charge in [-0.1, -0.05) is 26.2 Å². The Morgan fingerprint density at radius 3 is 2.71 bits per heavy atom. The zero-order chi connectivity index (χ0) is 15.2. The minimum absolute atomic E-state index is 0.112. The largest absolute Gasteiger partial charge is 0.397 e. The summed E-state index contributed by atoms with van der Waals surface area (Å²) in [5.74, 6) is 1.69. The van der Waals surface area contributed by atoms with Crippen molar-refractivity contribution in [3.8, 4) is 0 Å². The Morgan fingerprint density at radius 2 is 2.10 bits per heavy atom. The van der Waals surface area contributed by atoms with Gasteiger partial charge in [-0.25, -0.2) is 4.98 Å². The van der Waals surface area contributed by atoms with Crippen molar-refractivity contribution in [2.75, 3.05) is 11.1 Å². The molecule has 0 aliphatic heterocycles. The summed E-state index contributed by atoms with van der Waals surface area (Å²) in [6.07, 6.45) is 9.90. The van der Waals surface area contributed by atoms with E-state index in [0.29, 0.717) is 11.5 Å². The maximum Gasteiger partial charge on any atom is 0.228 e. The number of unbranched alkanes of at least 4 members (excludes halogenated alkanes) is 1. The second kappa shape index (κ2) is 7.43. The van der Waals surface area contributed by atoms with E-state index in [-0.39, 0.29) is 11.8 Å². The van der Waals surface area contributed by atoms with Crippen LogP contribution in [-0.2, 0) is 4.79 Å². The lowest BCUT2D eigenvalue weighted by molar-refractivity contribution is -0.121. The highest BCUT2D eigenvalue weighted by Gasteiger charge is 2.26. The van der Waals surface area contributed by atoms with E-state index in [1.807, 2.05) is 13.0 Å². The van der Waals surface area contributed by atoms with Crippen LogP contribution in [0.3, 0.4) is 0 Å². The number of carbonyl (C=O) groups is 1. The van der Waals surface area contributed by atoms with Crippen molar-refractivity contribution in [1.82, 2.24) is 4.98 Å². The van der Waals surface area contributed by atoms with E-state index < -0.39 is 0 Å². The van der Waals surface area contributed by atoms with Crippen molar-refractivity contribution in [2.24, 2.45) is 11.8 Å². The molecule has 1 amide bonds. The fourth-order valence-corrected chi connectivity index (χ4v) is 3.07. The van der Waals surface area contributed by atoms with Crippen LogP contribution in [0.2, 0.25) is 0 Å². The molecule has 0 saturated heterocycles. The van der Waals surface area contributed by atoms with Gasteiger partial charge >= 0.3 is 0 Å². The average Bonchev–Trinajstić information content (AvgIpc) is 2.49. The lowest BCUT2D eigenvalue weighted by Crippen LogP contribution is -2.27. The molecule has 0 atom stereocenters. The first-order chi connectivity index (χ1) is 10.1. The summed E-state index contributed by atoms with van der Waals surface area (Å²) in [5.41, 5.74) is 7.35. The third kappa shape index (κ3) is 4.45. The van der Waals surface area contributed by atoms with Gasteiger partial charge < -0.3 is 11.1 Å². The molecule has 3 N–H and O–H groups in total. The lowest BCUT2D eigenvalue weighted by Gasteiger charge is -2.27. The van der Waals surface area contributed by atoms with E-state index in [1.54, 1.807) is 6.20 Å². The molecule has 4 heteroatoms. The predicted molar refractivity (Wildman–Crippen MR) is 87.0 cm³/mol. The van der Waals surface area contributed by atoms with Crippen molar-refractivity contribution in [3.05, 3.63) is 17.8 Å².